The van der Waals surface area contributed by atoms with Gasteiger partial charge in [-0.25, -0.2) is 0 Å². The van der Waals surface area contributed by atoms with Gasteiger partial charge in [0.25, 0.3) is 25.9 Å². The number of azo groups is 1. The molecular formula is C16H12N4O8S2. The second-order valence-electron chi connectivity index (χ2n) is 5.94. The van der Waals surface area contributed by atoms with E-state index in [9.17, 15) is 36.1 Å². The van der Waals surface area contributed by atoms with E-state index in [2.05, 4.69) is 10.2 Å². The number of nitro benzene ring substituents is 1. The van der Waals surface area contributed by atoms with Crippen molar-refractivity contribution in [2.45, 2.75) is 9.79 Å². The summed E-state index contributed by atoms with van der Waals surface area (Å²) in [6.45, 7) is 0. The maximum atomic E-state index is 11.7. The molecular weight excluding hydrogens is 440 g/mol. The lowest BCUT2D eigenvalue weighted by Gasteiger charge is -2.10. The highest BCUT2D eigenvalue weighted by Crippen LogP contribution is 2.38. The Kier molecular flexibility index (Phi) is 5.25. The van der Waals surface area contributed by atoms with E-state index < -0.39 is 35.0 Å². The molecule has 0 fully saturated rings. The maximum absolute atomic E-state index is 11.7. The van der Waals surface area contributed by atoms with Gasteiger partial charge in [-0.1, -0.05) is 6.07 Å². The van der Waals surface area contributed by atoms with Crippen molar-refractivity contribution in [1.82, 2.24) is 0 Å². The number of hydrogen-bond acceptors (Lipinski definition) is 9. The largest absolute Gasteiger partial charge is 0.397 e. The molecule has 3 aromatic carbocycles. The molecule has 0 heterocycles. The molecule has 0 aromatic heterocycles. The van der Waals surface area contributed by atoms with Crippen LogP contribution in [0.25, 0.3) is 10.8 Å². The Bertz CT molecular complexity index is 1420. The first-order chi connectivity index (χ1) is 13.9. The van der Waals surface area contributed by atoms with Gasteiger partial charge in [0.05, 0.1) is 21.2 Å². The second kappa shape index (κ2) is 7.42. The van der Waals surface area contributed by atoms with Gasteiger partial charge in [0, 0.05) is 22.9 Å². The van der Waals surface area contributed by atoms with Gasteiger partial charge in [-0.2, -0.15) is 21.9 Å². The van der Waals surface area contributed by atoms with E-state index in [0.29, 0.717) is 6.07 Å². The minimum atomic E-state index is -4.87. The van der Waals surface area contributed by atoms with E-state index in [-0.39, 0.29) is 33.5 Å². The van der Waals surface area contributed by atoms with Gasteiger partial charge in [-0.3, -0.25) is 19.2 Å². The van der Waals surface area contributed by atoms with Crippen LogP contribution in [0, 0.1) is 10.1 Å². The Balaban J connectivity index is 2.26. The first-order valence-corrected chi connectivity index (χ1v) is 10.7. The predicted molar refractivity (Wildman–Crippen MR) is 105 cm³/mol. The van der Waals surface area contributed by atoms with Crippen molar-refractivity contribution >= 4 is 53.8 Å². The van der Waals surface area contributed by atoms with Crippen molar-refractivity contribution in [3.63, 3.8) is 0 Å². The number of rotatable bonds is 5. The van der Waals surface area contributed by atoms with E-state index in [0.717, 1.165) is 6.07 Å². The van der Waals surface area contributed by atoms with E-state index in [1.54, 1.807) is 0 Å². The molecule has 4 N–H and O–H groups in total. The van der Waals surface area contributed by atoms with Crippen LogP contribution in [-0.4, -0.2) is 30.9 Å². The van der Waals surface area contributed by atoms with Crippen LogP contribution in [0.2, 0.25) is 0 Å². The first kappa shape index (κ1) is 21.3. The van der Waals surface area contributed by atoms with Crippen molar-refractivity contribution < 1.29 is 30.9 Å². The zero-order chi connectivity index (χ0) is 22.3. The van der Waals surface area contributed by atoms with Crippen LogP contribution in [0.3, 0.4) is 0 Å². The van der Waals surface area contributed by atoms with Crippen molar-refractivity contribution in [2.75, 3.05) is 5.73 Å². The normalized spacial score (nSPS) is 12.5. The van der Waals surface area contributed by atoms with Crippen molar-refractivity contribution in [3.05, 3.63) is 58.6 Å². The number of nitrogens with two attached hydrogens (primary N) is 1. The number of anilines is 1. The summed E-state index contributed by atoms with van der Waals surface area (Å²) in [5.41, 5.74) is 5.74. The lowest BCUT2D eigenvalue weighted by Crippen LogP contribution is -2.04. The third-order valence-electron chi connectivity index (χ3n) is 3.98. The summed E-state index contributed by atoms with van der Waals surface area (Å²) in [5.74, 6) is 0. The Morgan fingerprint density at radius 1 is 0.867 bits per heavy atom. The minimum Gasteiger partial charge on any atom is -0.397 e. The molecule has 0 amide bonds. The molecule has 3 aromatic rings. The third kappa shape index (κ3) is 4.25. The molecule has 0 saturated carbocycles. The second-order valence-corrected chi connectivity index (χ2v) is 8.76. The fourth-order valence-corrected chi connectivity index (χ4v) is 3.94. The highest BCUT2D eigenvalue weighted by Gasteiger charge is 2.22. The number of nitrogens with zero attached hydrogens (tertiary/aromatic N) is 3. The van der Waals surface area contributed by atoms with Gasteiger partial charge in [-0.05, 0) is 30.3 Å². The fraction of sp³-hybridized carbons (Fsp3) is 0. The highest BCUT2D eigenvalue weighted by atomic mass is 32.2. The summed E-state index contributed by atoms with van der Waals surface area (Å²) in [4.78, 5) is 8.52. The summed E-state index contributed by atoms with van der Waals surface area (Å²) < 4.78 is 65.4. The molecule has 0 spiro atoms. The summed E-state index contributed by atoms with van der Waals surface area (Å²) in [7, 11) is -9.71. The molecule has 0 unspecified atom stereocenters. The summed E-state index contributed by atoms with van der Waals surface area (Å²) in [5, 5.41) is 18.2. The summed E-state index contributed by atoms with van der Waals surface area (Å²) in [6, 6.07) is 9.01. The van der Waals surface area contributed by atoms with Crippen molar-refractivity contribution in [3.8, 4) is 0 Å². The maximum Gasteiger partial charge on any atom is 0.295 e. The summed E-state index contributed by atoms with van der Waals surface area (Å²) in [6.07, 6.45) is 0. The van der Waals surface area contributed by atoms with Gasteiger partial charge in [-0.15, -0.1) is 5.11 Å². The van der Waals surface area contributed by atoms with E-state index in [4.69, 9.17) is 5.73 Å². The molecule has 0 aliphatic carbocycles. The minimum absolute atomic E-state index is 0.0121. The Labute approximate surface area is 169 Å². The third-order valence-corrected chi connectivity index (χ3v) is 5.70. The average Bonchev–Trinajstić information content (AvgIpc) is 2.65. The molecule has 0 radical (unpaired) electrons. The van der Waals surface area contributed by atoms with Crippen LogP contribution >= 0.6 is 0 Å². The predicted octanol–water partition coefficient (Wildman–Crippen LogP) is 3.24. The zero-order valence-corrected chi connectivity index (χ0v) is 16.3. The standard InChI is InChI=1S/C16H12N4O8S2/c17-14-6-5-12-13(7-11(29(23,24)25)8-15(12)30(26,27)28)16(14)19-18-9-1-3-10(4-2-9)20(21)22/h1-8H,17H2,(H,23,24,25)(H,26,27,28). The van der Waals surface area contributed by atoms with Crippen LogP contribution in [0.4, 0.5) is 22.7 Å². The molecule has 14 heteroatoms. The zero-order valence-electron chi connectivity index (χ0n) is 14.7. The van der Waals surface area contributed by atoms with Crippen molar-refractivity contribution in [2.24, 2.45) is 10.2 Å². The van der Waals surface area contributed by atoms with Crippen LogP contribution in [-0.2, 0) is 20.2 Å². The SMILES string of the molecule is Nc1ccc2c(S(=O)(=O)O)cc(S(=O)(=O)O)cc2c1N=Nc1ccc([N+](=O)[O-])cc1. The summed E-state index contributed by atoms with van der Waals surface area (Å²) >= 11 is 0. The lowest BCUT2D eigenvalue weighted by atomic mass is 10.1. The van der Waals surface area contributed by atoms with Gasteiger partial charge >= 0.3 is 0 Å². The van der Waals surface area contributed by atoms with Crippen LogP contribution in [0.15, 0.2) is 68.6 Å². The molecule has 12 nitrogen and oxygen atoms in total. The molecule has 156 valence electrons. The molecule has 30 heavy (non-hydrogen) atoms. The molecule has 0 aliphatic rings. The van der Waals surface area contributed by atoms with Crippen LogP contribution < -0.4 is 5.73 Å². The van der Waals surface area contributed by atoms with Gasteiger partial charge in [0.2, 0.25) is 0 Å². The van der Waals surface area contributed by atoms with Crippen LogP contribution in [0.1, 0.15) is 0 Å². The fourth-order valence-electron chi connectivity index (χ4n) is 2.60. The van der Waals surface area contributed by atoms with E-state index in [1.165, 1.54) is 36.4 Å². The number of hydrogen-bond donors (Lipinski definition) is 3. The van der Waals surface area contributed by atoms with Crippen LogP contribution in [0.5, 0.6) is 0 Å². The molecule has 0 atom stereocenters. The van der Waals surface area contributed by atoms with Gasteiger partial charge < -0.3 is 5.73 Å². The van der Waals surface area contributed by atoms with Crippen molar-refractivity contribution in [1.29, 1.82) is 0 Å². The molecule has 0 bridgehead atoms. The Morgan fingerprint density at radius 3 is 2.03 bits per heavy atom. The lowest BCUT2D eigenvalue weighted by molar-refractivity contribution is -0.384. The van der Waals surface area contributed by atoms with E-state index >= 15 is 0 Å². The monoisotopic (exact) mass is 452 g/mol. The Morgan fingerprint density at radius 2 is 1.50 bits per heavy atom. The van der Waals surface area contributed by atoms with Gasteiger partial charge in [0.15, 0.2) is 0 Å². The molecule has 0 aliphatic heterocycles. The average molecular weight is 452 g/mol. The topological polar surface area (TPSA) is 203 Å². The number of nitrogen functional groups attached to an aromatic ring is 1. The molecule has 0 saturated heterocycles. The Hall–Kier alpha value is -3.46. The van der Waals surface area contributed by atoms with E-state index in [1.807, 2.05) is 0 Å². The molecule has 3 rings (SSSR count). The number of nitro groups is 1. The highest BCUT2D eigenvalue weighted by molar-refractivity contribution is 7.86. The first-order valence-electron chi connectivity index (χ1n) is 7.85. The number of fused-ring (bicyclic) bond motifs is 1. The van der Waals surface area contributed by atoms with Gasteiger partial charge in [0.1, 0.15) is 10.6 Å². The quantitative estimate of drug-likeness (QED) is 0.171. The number of benzene rings is 3. The smallest absolute Gasteiger partial charge is 0.295 e. The number of non-ortho nitro benzene ring substituents is 1.